The summed E-state index contributed by atoms with van der Waals surface area (Å²) in [7, 11) is 0. The van der Waals surface area contributed by atoms with Crippen molar-refractivity contribution in [3.05, 3.63) is 34.5 Å². The van der Waals surface area contributed by atoms with Crippen LogP contribution in [0.5, 0.6) is 0 Å². The number of aromatic nitrogens is 3. The number of carbonyl (C=O) groups is 1. The van der Waals surface area contributed by atoms with Gasteiger partial charge in [0.25, 0.3) is 5.91 Å². The number of hydrogen-bond acceptors (Lipinski definition) is 5. The molecular formula is C16H17N5OS. The van der Waals surface area contributed by atoms with Gasteiger partial charge in [0.15, 0.2) is 0 Å². The normalized spacial score (nSPS) is 14.3. The van der Waals surface area contributed by atoms with E-state index in [9.17, 15) is 4.79 Å². The van der Waals surface area contributed by atoms with Gasteiger partial charge in [-0.25, -0.2) is 0 Å². The zero-order valence-electron chi connectivity index (χ0n) is 13.0. The third kappa shape index (κ3) is 2.03. The van der Waals surface area contributed by atoms with Crippen molar-refractivity contribution in [1.82, 2.24) is 14.8 Å². The Morgan fingerprint density at radius 1 is 1.30 bits per heavy atom. The molecule has 0 aliphatic carbocycles. The minimum absolute atomic E-state index is 0.0535. The quantitative estimate of drug-likeness (QED) is 0.745. The number of fused-ring (bicyclic) bond motifs is 2. The summed E-state index contributed by atoms with van der Waals surface area (Å²) in [6.45, 7) is 5.52. The first-order chi connectivity index (χ1) is 11.1. The summed E-state index contributed by atoms with van der Waals surface area (Å²) in [5.41, 5.74) is 8.65. The smallest absolute Gasteiger partial charge is 0.271 e. The standard InChI is InChI=1S/C16H17N5OS/c1-9-10(2)18-19-15-12(9)13(17)14(23-15)16(22)21-8-4-7-20-6-3-5-11(20)21/h3,5-6H,4,7-8,17H2,1-2H3. The number of hydrogen-bond donors (Lipinski definition) is 1. The van der Waals surface area contributed by atoms with Crippen LogP contribution in [-0.4, -0.2) is 27.2 Å². The highest BCUT2D eigenvalue weighted by Gasteiger charge is 2.28. The van der Waals surface area contributed by atoms with Gasteiger partial charge in [0.05, 0.1) is 11.4 Å². The van der Waals surface area contributed by atoms with Crippen molar-refractivity contribution in [3.63, 3.8) is 0 Å². The highest BCUT2D eigenvalue weighted by Crippen LogP contribution is 2.36. The Morgan fingerprint density at radius 2 is 2.13 bits per heavy atom. The molecule has 3 aromatic rings. The van der Waals surface area contributed by atoms with Gasteiger partial charge in [-0.3, -0.25) is 9.69 Å². The number of nitrogens with two attached hydrogens (primary N) is 1. The molecular weight excluding hydrogens is 310 g/mol. The molecule has 0 atom stereocenters. The molecule has 4 rings (SSSR count). The van der Waals surface area contributed by atoms with Crippen molar-refractivity contribution in [1.29, 1.82) is 0 Å². The van der Waals surface area contributed by atoms with Gasteiger partial charge in [-0.05, 0) is 38.0 Å². The lowest BCUT2D eigenvalue weighted by molar-refractivity contribution is 0.0986. The van der Waals surface area contributed by atoms with Gasteiger partial charge < -0.3 is 10.3 Å². The molecule has 0 fully saturated rings. The van der Waals surface area contributed by atoms with E-state index < -0.39 is 0 Å². The van der Waals surface area contributed by atoms with Crippen LogP contribution in [0.3, 0.4) is 0 Å². The van der Waals surface area contributed by atoms with Crippen LogP contribution in [-0.2, 0) is 6.54 Å². The maximum Gasteiger partial charge on any atom is 0.271 e. The predicted octanol–water partition coefficient (Wildman–Crippen LogP) is 2.74. The molecule has 0 spiro atoms. The third-order valence-electron chi connectivity index (χ3n) is 4.44. The summed E-state index contributed by atoms with van der Waals surface area (Å²) >= 11 is 1.33. The SMILES string of the molecule is Cc1nnc2sc(C(=O)N3CCCn4cccc43)c(N)c2c1C. The molecule has 118 valence electrons. The number of rotatable bonds is 1. The summed E-state index contributed by atoms with van der Waals surface area (Å²) in [5.74, 6) is 0.874. The molecule has 0 radical (unpaired) electrons. The first kappa shape index (κ1) is 14.2. The number of anilines is 2. The Kier molecular flexibility index (Phi) is 3.12. The molecule has 0 unspecified atom stereocenters. The number of aryl methyl sites for hydroxylation is 3. The molecule has 3 aromatic heterocycles. The van der Waals surface area contributed by atoms with Crippen molar-refractivity contribution >= 4 is 39.0 Å². The van der Waals surface area contributed by atoms with Gasteiger partial charge in [-0.15, -0.1) is 16.4 Å². The Morgan fingerprint density at radius 3 is 2.96 bits per heavy atom. The van der Waals surface area contributed by atoms with Gasteiger partial charge in [0.2, 0.25) is 0 Å². The minimum Gasteiger partial charge on any atom is -0.397 e. The maximum atomic E-state index is 13.0. The number of thiophene rings is 1. The summed E-state index contributed by atoms with van der Waals surface area (Å²) in [6.07, 6.45) is 2.94. The first-order valence-corrected chi connectivity index (χ1v) is 8.38. The Labute approximate surface area is 137 Å². The van der Waals surface area contributed by atoms with Crippen molar-refractivity contribution in [2.24, 2.45) is 0 Å². The predicted molar refractivity (Wildman–Crippen MR) is 92.0 cm³/mol. The number of nitrogens with zero attached hydrogens (tertiary/aromatic N) is 4. The van der Waals surface area contributed by atoms with Crippen LogP contribution in [0.15, 0.2) is 18.3 Å². The zero-order chi connectivity index (χ0) is 16.1. The van der Waals surface area contributed by atoms with Crippen LogP contribution in [0, 0.1) is 13.8 Å². The van der Waals surface area contributed by atoms with Gasteiger partial charge in [0, 0.05) is 24.7 Å². The van der Waals surface area contributed by atoms with Crippen LogP contribution in [0.25, 0.3) is 10.2 Å². The molecule has 0 saturated carbocycles. The Balaban J connectivity index is 1.83. The Bertz CT molecular complexity index is 926. The fourth-order valence-electron chi connectivity index (χ4n) is 3.08. The van der Waals surface area contributed by atoms with Gasteiger partial charge in [-0.1, -0.05) is 0 Å². The van der Waals surface area contributed by atoms with Crippen molar-refractivity contribution in [2.75, 3.05) is 17.2 Å². The zero-order valence-corrected chi connectivity index (χ0v) is 13.9. The average Bonchev–Trinajstić information content (AvgIpc) is 3.15. The highest BCUT2D eigenvalue weighted by molar-refractivity contribution is 7.21. The third-order valence-corrected chi connectivity index (χ3v) is 5.52. The summed E-state index contributed by atoms with van der Waals surface area (Å²) in [5, 5.41) is 9.19. The van der Waals surface area contributed by atoms with Gasteiger partial charge in [-0.2, -0.15) is 5.10 Å². The topological polar surface area (TPSA) is 77.0 Å². The molecule has 2 N–H and O–H groups in total. The Hall–Kier alpha value is -2.41. The van der Waals surface area contributed by atoms with Crippen LogP contribution in [0.4, 0.5) is 11.5 Å². The molecule has 6 nitrogen and oxygen atoms in total. The van der Waals surface area contributed by atoms with E-state index in [0.29, 0.717) is 17.1 Å². The molecule has 4 heterocycles. The van der Waals surface area contributed by atoms with Crippen LogP contribution < -0.4 is 10.6 Å². The van der Waals surface area contributed by atoms with Crippen LogP contribution in [0.2, 0.25) is 0 Å². The number of amides is 1. The van der Waals surface area contributed by atoms with E-state index in [1.165, 1.54) is 11.3 Å². The molecule has 1 aliphatic rings. The second kappa shape index (κ2) is 5.06. The molecule has 1 amide bonds. The second-order valence-electron chi connectivity index (χ2n) is 5.81. The van der Waals surface area contributed by atoms with Crippen molar-refractivity contribution < 1.29 is 4.79 Å². The first-order valence-electron chi connectivity index (χ1n) is 7.57. The lowest BCUT2D eigenvalue weighted by atomic mass is 10.1. The van der Waals surface area contributed by atoms with E-state index in [2.05, 4.69) is 14.8 Å². The van der Waals surface area contributed by atoms with E-state index in [1.807, 2.05) is 32.2 Å². The van der Waals surface area contributed by atoms with Crippen molar-refractivity contribution in [3.8, 4) is 0 Å². The van der Waals surface area contributed by atoms with Gasteiger partial charge >= 0.3 is 0 Å². The van der Waals surface area contributed by atoms with Gasteiger partial charge in [0.1, 0.15) is 15.5 Å². The van der Waals surface area contributed by atoms with E-state index in [0.717, 1.165) is 40.3 Å². The summed E-state index contributed by atoms with van der Waals surface area (Å²) in [4.78, 5) is 16.1. The highest BCUT2D eigenvalue weighted by atomic mass is 32.1. The molecule has 0 aromatic carbocycles. The number of nitrogen functional groups attached to an aromatic ring is 1. The largest absolute Gasteiger partial charge is 0.397 e. The lowest BCUT2D eigenvalue weighted by Gasteiger charge is -2.28. The monoisotopic (exact) mass is 327 g/mol. The van der Waals surface area contributed by atoms with E-state index in [-0.39, 0.29) is 5.91 Å². The average molecular weight is 327 g/mol. The maximum absolute atomic E-state index is 13.0. The summed E-state index contributed by atoms with van der Waals surface area (Å²) < 4.78 is 2.10. The fourth-order valence-corrected chi connectivity index (χ4v) is 4.13. The molecule has 0 bridgehead atoms. The van der Waals surface area contributed by atoms with E-state index in [1.54, 1.807) is 4.90 Å². The second-order valence-corrected chi connectivity index (χ2v) is 6.80. The van der Waals surface area contributed by atoms with Crippen LogP contribution >= 0.6 is 11.3 Å². The lowest BCUT2D eigenvalue weighted by Crippen LogP contribution is -2.37. The van der Waals surface area contributed by atoms with Crippen LogP contribution in [0.1, 0.15) is 27.3 Å². The van der Waals surface area contributed by atoms with Crippen molar-refractivity contribution in [2.45, 2.75) is 26.8 Å². The molecule has 0 saturated heterocycles. The fraction of sp³-hybridized carbons (Fsp3) is 0.312. The number of carbonyl (C=O) groups excluding carboxylic acids is 1. The molecule has 7 heteroatoms. The molecule has 23 heavy (non-hydrogen) atoms. The molecule has 1 aliphatic heterocycles. The minimum atomic E-state index is -0.0535. The summed E-state index contributed by atoms with van der Waals surface area (Å²) in [6, 6.07) is 3.93. The van der Waals surface area contributed by atoms with E-state index >= 15 is 0 Å². The van der Waals surface area contributed by atoms with E-state index in [4.69, 9.17) is 5.73 Å².